The van der Waals surface area contributed by atoms with Crippen LogP contribution in [0.3, 0.4) is 0 Å². The maximum Gasteiger partial charge on any atom is 0.234 e. The summed E-state index contributed by atoms with van der Waals surface area (Å²) >= 11 is 0. The summed E-state index contributed by atoms with van der Waals surface area (Å²) < 4.78 is 20.8. The molecule has 0 bridgehead atoms. The molecule has 7 aromatic carbocycles. The molecule has 1 aliphatic rings. The third-order valence-corrected chi connectivity index (χ3v) is 12.6. The Morgan fingerprint density at radius 3 is 1.66 bits per heavy atom. The Bertz CT molecular complexity index is 2670. The predicted octanol–water partition coefficient (Wildman–Crippen LogP) is 10.5. The van der Waals surface area contributed by atoms with Gasteiger partial charge in [0.05, 0.1) is 39.1 Å². The minimum atomic E-state index is -3.43. The first-order valence-corrected chi connectivity index (χ1v) is 17.6. The van der Waals surface area contributed by atoms with Crippen molar-refractivity contribution in [1.29, 1.82) is 0 Å². The molecule has 0 saturated carbocycles. The van der Waals surface area contributed by atoms with E-state index < -0.39 is 7.29 Å². The zero-order chi connectivity index (χ0) is 31.1. The number of nitrogens with zero attached hydrogens (tertiary/aromatic N) is 3. The molecule has 4 nitrogen and oxygen atoms in total. The van der Waals surface area contributed by atoms with Gasteiger partial charge in [0, 0.05) is 37.8 Å². The van der Waals surface area contributed by atoms with Crippen molar-refractivity contribution in [3.8, 4) is 5.69 Å². The summed E-state index contributed by atoms with van der Waals surface area (Å²) in [6, 6.07) is 58.7. The first-order chi connectivity index (χ1) is 23.2. The number of para-hydroxylation sites is 5. The van der Waals surface area contributed by atoms with E-state index >= 15 is 4.57 Å². The molecule has 47 heavy (non-hydrogen) atoms. The minimum absolute atomic E-state index is 0.801. The lowest BCUT2D eigenvalue weighted by atomic mass is 10.0. The fourth-order valence-electron chi connectivity index (χ4n) is 7.74. The number of aromatic nitrogens is 2. The van der Waals surface area contributed by atoms with Gasteiger partial charge in [-0.25, -0.2) is 0 Å². The first kappa shape index (κ1) is 26.4. The second-order valence-electron chi connectivity index (χ2n) is 12.1. The number of hydrogen-bond donors (Lipinski definition) is 0. The van der Waals surface area contributed by atoms with Gasteiger partial charge in [-0.1, -0.05) is 103 Å². The Kier molecular flexibility index (Phi) is 5.52. The molecule has 0 atom stereocenters. The molecule has 1 aliphatic heterocycles. The average molecular weight is 622 g/mol. The molecule has 3 heterocycles. The van der Waals surface area contributed by atoms with Crippen LogP contribution in [0.2, 0.25) is 0 Å². The minimum Gasteiger partial charge on any atom is -0.306 e. The van der Waals surface area contributed by atoms with Crippen LogP contribution < -0.4 is 15.5 Å². The van der Waals surface area contributed by atoms with Crippen molar-refractivity contribution in [2.45, 2.75) is 0 Å². The summed E-state index contributed by atoms with van der Waals surface area (Å²) in [6.45, 7) is 0. The zero-order valence-electron chi connectivity index (χ0n) is 25.4. The molecule has 5 heteroatoms. The molecule has 0 unspecified atom stereocenters. The molecule has 0 amide bonds. The molecule has 0 saturated heterocycles. The van der Waals surface area contributed by atoms with Crippen molar-refractivity contribution in [2.24, 2.45) is 0 Å². The highest BCUT2D eigenvalue weighted by molar-refractivity contribution is 7.77. The quantitative estimate of drug-likeness (QED) is 0.183. The molecular formula is C42H28N3OP. The number of fused-ring (bicyclic) bond motifs is 9. The van der Waals surface area contributed by atoms with E-state index in [0.29, 0.717) is 0 Å². The van der Waals surface area contributed by atoms with Crippen molar-refractivity contribution in [1.82, 2.24) is 8.90 Å². The fourth-order valence-corrected chi connectivity index (χ4v) is 10.6. The van der Waals surface area contributed by atoms with Gasteiger partial charge < -0.3 is 9.47 Å². The van der Waals surface area contributed by atoms with E-state index in [2.05, 4.69) is 123 Å². The van der Waals surface area contributed by atoms with Gasteiger partial charge in [-0.05, 0) is 66.7 Å². The molecule has 0 radical (unpaired) electrons. The second-order valence-corrected chi connectivity index (χ2v) is 14.7. The number of rotatable bonds is 4. The summed E-state index contributed by atoms with van der Waals surface area (Å²) in [5.74, 6) is 0. The summed E-state index contributed by atoms with van der Waals surface area (Å²) in [7, 11) is -3.43. The molecule has 2 aromatic heterocycles. The molecule has 0 spiro atoms. The van der Waals surface area contributed by atoms with Crippen molar-refractivity contribution < 1.29 is 4.57 Å². The van der Waals surface area contributed by atoms with Crippen LogP contribution >= 0.6 is 7.29 Å². The summed E-state index contributed by atoms with van der Waals surface area (Å²) in [5, 5.41) is 6.06. The zero-order valence-corrected chi connectivity index (χ0v) is 26.3. The predicted molar refractivity (Wildman–Crippen MR) is 197 cm³/mol. The van der Waals surface area contributed by atoms with E-state index in [9.17, 15) is 0 Å². The Morgan fingerprint density at radius 1 is 0.447 bits per heavy atom. The normalized spacial score (nSPS) is 12.7. The Morgan fingerprint density at radius 2 is 0.979 bits per heavy atom. The molecule has 222 valence electrons. The van der Waals surface area contributed by atoms with E-state index in [0.717, 1.165) is 71.6 Å². The molecule has 0 fully saturated rings. The molecule has 9 aromatic rings. The van der Waals surface area contributed by atoms with Crippen molar-refractivity contribution in [3.05, 3.63) is 170 Å². The number of anilines is 3. The van der Waals surface area contributed by atoms with Crippen molar-refractivity contribution in [2.75, 3.05) is 4.90 Å². The largest absolute Gasteiger partial charge is 0.306 e. The van der Waals surface area contributed by atoms with E-state index in [4.69, 9.17) is 0 Å². The topological polar surface area (TPSA) is 30.2 Å². The molecule has 10 rings (SSSR count). The van der Waals surface area contributed by atoms with Crippen LogP contribution in [0, 0.1) is 0 Å². The SMILES string of the molecule is O=P(c1ccccc1)(c1ccccc1)n1c2ccccc2c2c3c4c(cc21)c1ccccc1n4-c1ccccc1N3c1ccccc1. The highest BCUT2D eigenvalue weighted by atomic mass is 31.2. The molecule has 0 N–H and O–H groups in total. The van der Waals surface area contributed by atoms with Gasteiger partial charge in [0.2, 0.25) is 7.29 Å². The van der Waals surface area contributed by atoms with Crippen LogP contribution in [0.25, 0.3) is 49.3 Å². The van der Waals surface area contributed by atoms with E-state index in [1.54, 1.807) is 0 Å². The average Bonchev–Trinajstić information content (AvgIpc) is 3.66. The van der Waals surface area contributed by atoms with E-state index in [-0.39, 0.29) is 0 Å². The van der Waals surface area contributed by atoms with Gasteiger partial charge >= 0.3 is 0 Å². The van der Waals surface area contributed by atoms with Gasteiger partial charge in [0.25, 0.3) is 0 Å². The van der Waals surface area contributed by atoms with Gasteiger partial charge in [0.15, 0.2) is 0 Å². The van der Waals surface area contributed by atoms with Gasteiger partial charge in [-0.3, -0.25) is 8.90 Å². The van der Waals surface area contributed by atoms with E-state index in [1.165, 1.54) is 5.39 Å². The number of hydrogen-bond acceptors (Lipinski definition) is 2. The number of benzene rings is 7. The van der Waals surface area contributed by atoms with Crippen LogP contribution in [0.4, 0.5) is 17.1 Å². The van der Waals surface area contributed by atoms with Crippen molar-refractivity contribution >= 4 is 78.6 Å². The second kappa shape index (κ2) is 9.83. The third-order valence-electron chi connectivity index (χ3n) is 9.64. The summed E-state index contributed by atoms with van der Waals surface area (Å²) in [5.41, 5.74) is 8.63. The Balaban J connectivity index is 1.48. The van der Waals surface area contributed by atoms with Gasteiger partial charge in [-0.2, -0.15) is 0 Å². The molecular weight excluding hydrogens is 593 g/mol. The maximum atomic E-state index is 16.2. The van der Waals surface area contributed by atoms with Crippen molar-refractivity contribution in [3.63, 3.8) is 0 Å². The third kappa shape index (κ3) is 3.51. The van der Waals surface area contributed by atoms with Crippen LogP contribution in [0.1, 0.15) is 0 Å². The van der Waals surface area contributed by atoms with Gasteiger partial charge in [-0.15, -0.1) is 0 Å². The Labute approximate surface area is 271 Å². The highest BCUT2D eigenvalue weighted by Gasteiger charge is 2.37. The van der Waals surface area contributed by atoms with E-state index in [1.807, 2.05) is 60.7 Å². The highest BCUT2D eigenvalue weighted by Crippen LogP contribution is 2.58. The van der Waals surface area contributed by atoms with Crippen LogP contribution in [-0.4, -0.2) is 8.90 Å². The molecule has 0 aliphatic carbocycles. The van der Waals surface area contributed by atoms with Crippen LogP contribution in [0.5, 0.6) is 0 Å². The smallest absolute Gasteiger partial charge is 0.234 e. The first-order valence-electron chi connectivity index (χ1n) is 15.9. The Hall–Kier alpha value is -5.83. The van der Waals surface area contributed by atoms with Crippen LogP contribution in [-0.2, 0) is 4.57 Å². The lowest BCUT2D eigenvalue weighted by Gasteiger charge is -2.34. The monoisotopic (exact) mass is 621 g/mol. The fraction of sp³-hybridized carbons (Fsp3) is 0. The standard InChI is InChI=1S/C42H28N3OP/c46-47(30-18-6-2-7-19-30,31-20-8-3-9-21-31)45-36-25-13-11-23-33(36)40-39(45)28-34-32-22-10-12-24-35(32)44-38-27-15-14-26-37(38)43(42(40)41(34)44)29-16-4-1-5-17-29/h1-28H. The lowest BCUT2D eigenvalue weighted by Crippen LogP contribution is -2.21. The lowest BCUT2D eigenvalue weighted by molar-refractivity contribution is 0.583. The van der Waals surface area contributed by atoms with Crippen LogP contribution in [0.15, 0.2) is 170 Å². The summed E-state index contributed by atoms with van der Waals surface area (Å²) in [6.07, 6.45) is 0. The van der Waals surface area contributed by atoms with Gasteiger partial charge in [0.1, 0.15) is 0 Å². The maximum absolute atomic E-state index is 16.2. The summed E-state index contributed by atoms with van der Waals surface area (Å²) in [4.78, 5) is 2.41.